The molecule has 0 saturated carbocycles. The number of hydrogen-bond acceptors (Lipinski definition) is 4. The van der Waals surface area contributed by atoms with E-state index >= 15 is 0 Å². The van der Waals surface area contributed by atoms with Crippen LogP contribution < -0.4 is 4.74 Å². The van der Waals surface area contributed by atoms with E-state index in [2.05, 4.69) is 4.98 Å². The number of hydrogen-bond donors (Lipinski definition) is 0. The third kappa shape index (κ3) is 4.99. The highest BCUT2D eigenvalue weighted by Crippen LogP contribution is 2.20. The fourth-order valence-electron chi connectivity index (χ4n) is 0.982. The van der Waals surface area contributed by atoms with Crippen molar-refractivity contribution in [3.05, 3.63) is 23.5 Å². The maximum absolute atomic E-state index is 10.8. The molecule has 0 unspecified atom stereocenters. The molecule has 0 aliphatic heterocycles. The lowest BCUT2D eigenvalue weighted by Crippen LogP contribution is -2.08. The summed E-state index contributed by atoms with van der Waals surface area (Å²) in [5, 5.41) is 0.289. The van der Waals surface area contributed by atoms with Crippen molar-refractivity contribution >= 4 is 21.4 Å². The minimum absolute atomic E-state index is 0.116. The van der Waals surface area contributed by atoms with Crippen LogP contribution in [0.15, 0.2) is 18.3 Å². The monoisotopic (exact) mass is 249 g/mol. The van der Waals surface area contributed by atoms with Crippen molar-refractivity contribution in [1.29, 1.82) is 0 Å². The lowest BCUT2D eigenvalue weighted by molar-refractivity contribution is 0.317. The summed E-state index contributed by atoms with van der Waals surface area (Å²) >= 11 is 5.74. The fraction of sp³-hybridized carbons (Fsp3) is 0.444. The Kier molecular flexibility index (Phi) is 4.35. The van der Waals surface area contributed by atoms with E-state index < -0.39 is 9.84 Å². The Labute approximate surface area is 94.2 Å². The van der Waals surface area contributed by atoms with Crippen molar-refractivity contribution in [2.45, 2.75) is 6.42 Å². The molecule has 0 spiro atoms. The summed E-state index contributed by atoms with van der Waals surface area (Å²) in [7, 11) is -2.92. The molecule has 0 N–H and O–H groups in total. The first-order valence-electron chi connectivity index (χ1n) is 4.40. The molecule has 1 aromatic heterocycles. The van der Waals surface area contributed by atoms with E-state index in [0.29, 0.717) is 18.8 Å². The molecule has 0 saturated heterocycles. The van der Waals surface area contributed by atoms with Crippen LogP contribution in [0.5, 0.6) is 5.75 Å². The van der Waals surface area contributed by atoms with Crippen molar-refractivity contribution in [1.82, 2.24) is 4.98 Å². The first kappa shape index (κ1) is 12.3. The molecule has 0 bridgehead atoms. The molecule has 6 heteroatoms. The Bertz CT molecular complexity index is 419. The van der Waals surface area contributed by atoms with E-state index in [1.165, 1.54) is 6.26 Å². The first-order valence-corrected chi connectivity index (χ1v) is 6.84. The van der Waals surface area contributed by atoms with Gasteiger partial charge in [-0.15, -0.1) is 0 Å². The van der Waals surface area contributed by atoms with Crippen LogP contribution in [0.25, 0.3) is 0 Å². The van der Waals surface area contributed by atoms with E-state index in [4.69, 9.17) is 16.3 Å². The van der Waals surface area contributed by atoms with Gasteiger partial charge in [-0.2, -0.15) is 0 Å². The van der Waals surface area contributed by atoms with Crippen LogP contribution in [0.4, 0.5) is 0 Å². The van der Waals surface area contributed by atoms with E-state index in [1.807, 2.05) is 0 Å². The average Bonchev–Trinajstić information content (AvgIpc) is 2.13. The highest BCUT2D eigenvalue weighted by atomic mass is 35.5. The summed E-state index contributed by atoms with van der Waals surface area (Å²) < 4.78 is 26.9. The van der Waals surface area contributed by atoms with Gasteiger partial charge in [-0.1, -0.05) is 11.6 Å². The Morgan fingerprint density at radius 1 is 1.53 bits per heavy atom. The lowest BCUT2D eigenvalue weighted by Gasteiger charge is -2.05. The van der Waals surface area contributed by atoms with Gasteiger partial charge in [0.05, 0.1) is 12.4 Å². The van der Waals surface area contributed by atoms with Gasteiger partial charge in [-0.25, -0.2) is 13.4 Å². The number of halogens is 1. The quantitative estimate of drug-likeness (QED) is 0.587. The van der Waals surface area contributed by atoms with E-state index in [0.717, 1.165) is 0 Å². The number of pyridine rings is 1. The zero-order chi connectivity index (χ0) is 11.3. The van der Waals surface area contributed by atoms with Crippen molar-refractivity contribution in [3.63, 3.8) is 0 Å². The molecular weight excluding hydrogens is 238 g/mol. The largest absolute Gasteiger partial charge is 0.490 e. The van der Waals surface area contributed by atoms with Gasteiger partial charge in [-0.05, 0) is 18.6 Å². The molecule has 0 aliphatic rings. The number of sulfone groups is 1. The molecule has 84 valence electrons. The van der Waals surface area contributed by atoms with Crippen LogP contribution in [-0.4, -0.2) is 32.0 Å². The van der Waals surface area contributed by atoms with Crippen molar-refractivity contribution in [2.75, 3.05) is 18.6 Å². The molecule has 15 heavy (non-hydrogen) atoms. The van der Waals surface area contributed by atoms with Crippen LogP contribution in [0, 0.1) is 0 Å². The van der Waals surface area contributed by atoms with E-state index in [1.54, 1.807) is 18.3 Å². The second-order valence-electron chi connectivity index (χ2n) is 3.12. The highest BCUT2D eigenvalue weighted by Gasteiger charge is 2.03. The van der Waals surface area contributed by atoms with E-state index in [9.17, 15) is 8.42 Å². The van der Waals surface area contributed by atoms with Gasteiger partial charge < -0.3 is 4.74 Å². The number of aromatic nitrogens is 1. The number of rotatable bonds is 5. The molecule has 0 radical (unpaired) electrons. The summed E-state index contributed by atoms with van der Waals surface area (Å²) in [6, 6.07) is 3.40. The van der Waals surface area contributed by atoms with Gasteiger partial charge in [-0.3, -0.25) is 0 Å². The molecule has 0 fully saturated rings. The summed E-state index contributed by atoms with van der Waals surface area (Å²) in [4.78, 5) is 3.83. The van der Waals surface area contributed by atoms with Crippen LogP contribution in [-0.2, 0) is 9.84 Å². The smallest absolute Gasteiger partial charge is 0.171 e. The topological polar surface area (TPSA) is 56.3 Å². The molecule has 0 aliphatic carbocycles. The molecule has 1 rings (SSSR count). The Hall–Kier alpha value is -0.810. The lowest BCUT2D eigenvalue weighted by atomic mass is 10.4. The van der Waals surface area contributed by atoms with Gasteiger partial charge in [0, 0.05) is 12.5 Å². The van der Waals surface area contributed by atoms with Crippen molar-refractivity contribution in [3.8, 4) is 5.75 Å². The number of nitrogens with zero attached hydrogens (tertiary/aromatic N) is 1. The molecule has 4 nitrogen and oxygen atoms in total. The molecule has 0 amide bonds. The third-order valence-electron chi connectivity index (χ3n) is 1.64. The SMILES string of the molecule is CS(=O)(=O)CCCOc1cccnc1Cl. The third-order valence-corrected chi connectivity index (χ3v) is 2.96. The Morgan fingerprint density at radius 3 is 2.87 bits per heavy atom. The van der Waals surface area contributed by atoms with Crippen molar-refractivity contribution < 1.29 is 13.2 Å². The predicted octanol–water partition coefficient (Wildman–Crippen LogP) is 1.55. The van der Waals surface area contributed by atoms with Gasteiger partial charge in [0.15, 0.2) is 10.9 Å². The molecule has 0 atom stereocenters. The van der Waals surface area contributed by atoms with Crippen LogP contribution in [0.2, 0.25) is 5.15 Å². The zero-order valence-corrected chi connectivity index (χ0v) is 9.88. The standard InChI is InChI=1S/C9H12ClNO3S/c1-15(12,13)7-3-6-14-8-4-2-5-11-9(8)10/h2,4-5H,3,6-7H2,1H3. The normalized spacial score (nSPS) is 11.3. The Morgan fingerprint density at radius 2 is 2.27 bits per heavy atom. The highest BCUT2D eigenvalue weighted by molar-refractivity contribution is 7.90. The van der Waals surface area contributed by atoms with Crippen LogP contribution in [0.1, 0.15) is 6.42 Å². The van der Waals surface area contributed by atoms with Gasteiger partial charge in [0.2, 0.25) is 0 Å². The second kappa shape index (κ2) is 5.32. The molecule has 0 aromatic carbocycles. The minimum atomic E-state index is -2.92. The first-order chi connectivity index (χ1) is 6.99. The van der Waals surface area contributed by atoms with Gasteiger partial charge in [0.1, 0.15) is 9.84 Å². The minimum Gasteiger partial charge on any atom is -0.490 e. The van der Waals surface area contributed by atoms with Gasteiger partial charge >= 0.3 is 0 Å². The second-order valence-corrected chi connectivity index (χ2v) is 5.74. The summed E-state index contributed by atoms with van der Waals surface area (Å²) in [6.45, 7) is 0.318. The maximum Gasteiger partial charge on any atom is 0.171 e. The number of ether oxygens (including phenoxy) is 1. The maximum atomic E-state index is 10.8. The van der Waals surface area contributed by atoms with Crippen molar-refractivity contribution in [2.24, 2.45) is 0 Å². The molecule has 1 heterocycles. The van der Waals surface area contributed by atoms with Gasteiger partial charge in [0.25, 0.3) is 0 Å². The zero-order valence-electron chi connectivity index (χ0n) is 8.31. The molecule has 1 aromatic rings. The average molecular weight is 250 g/mol. The van der Waals surface area contributed by atoms with Crippen LogP contribution in [0.3, 0.4) is 0 Å². The molecular formula is C9H12ClNO3S. The van der Waals surface area contributed by atoms with Crippen LogP contribution >= 0.6 is 11.6 Å². The summed E-state index contributed by atoms with van der Waals surface area (Å²) in [5.41, 5.74) is 0. The predicted molar refractivity (Wildman–Crippen MR) is 59.1 cm³/mol. The Balaban J connectivity index is 2.36. The summed E-state index contributed by atoms with van der Waals surface area (Å²) in [5.74, 6) is 0.595. The summed E-state index contributed by atoms with van der Waals surface area (Å²) in [6.07, 6.45) is 3.21. The fourth-order valence-corrected chi connectivity index (χ4v) is 1.80. The van der Waals surface area contributed by atoms with E-state index in [-0.39, 0.29) is 10.9 Å².